The molecule has 9 heteroatoms. The molecule has 0 bridgehead atoms. The van der Waals surface area contributed by atoms with Gasteiger partial charge in [0, 0.05) is 22.0 Å². The van der Waals surface area contributed by atoms with E-state index in [1.165, 1.54) is 17.3 Å². The molecule has 1 spiro atoms. The normalized spacial score (nSPS) is 23.7. The average molecular weight is 440 g/mol. The number of rotatable bonds is 3. The number of anilines is 1. The first kappa shape index (κ1) is 17.4. The largest absolute Gasteiger partial charge is 0.328 e. The number of nitrogens with one attached hydrogen (secondary N) is 1. The van der Waals surface area contributed by atoms with E-state index in [9.17, 15) is 14.0 Å². The highest BCUT2D eigenvalue weighted by atomic mass is 79.9. The Bertz CT molecular complexity index is 910. The molecule has 2 atom stereocenters. The number of hydrogen-bond acceptors (Lipinski definition) is 4. The molecule has 2 amide bonds. The summed E-state index contributed by atoms with van der Waals surface area (Å²) < 4.78 is 15.0. The van der Waals surface area contributed by atoms with Crippen LogP contribution < -0.4 is 5.32 Å². The number of carbonyl (C=O) groups is 2. The first-order chi connectivity index (χ1) is 12.4. The Morgan fingerprint density at radius 2 is 2.12 bits per heavy atom. The van der Waals surface area contributed by atoms with E-state index in [-0.39, 0.29) is 24.9 Å². The molecule has 4 rings (SSSR count). The van der Waals surface area contributed by atoms with Gasteiger partial charge in [-0.05, 0) is 30.2 Å². The number of amides is 2. The van der Waals surface area contributed by atoms with Crippen LogP contribution in [-0.4, -0.2) is 45.9 Å². The minimum absolute atomic E-state index is 0.0951. The molecule has 1 N–H and O–H groups in total. The zero-order chi connectivity index (χ0) is 18.5. The van der Waals surface area contributed by atoms with Gasteiger partial charge in [-0.2, -0.15) is 0 Å². The molecule has 1 aromatic heterocycles. The van der Waals surface area contributed by atoms with Crippen molar-refractivity contribution in [1.82, 2.24) is 14.9 Å². The standard InChI is InChI=1S/C17H13BrClFN4O2/c18-9-1-2-11-12(3-9)17(4-13(17)20)8-24(15(11)26)7-14(25)23-16-21-5-10(19)6-22-16/h1-3,5-6,13H,4,7-8H2,(H,21,22,23,25)/t13-,17+/m1/s1. The number of carbonyl (C=O) groups excluding carboxylic acids is 2. The van der Waals surface area contributed by atoms with Crippen molar-refractivity contribution in [2.45, 2.75) is 18.0 Å². The predicted octanol–water partition coefficient (Wildman–Crippen LogP) is 2.97. The van der Waals surface area contributed by atoms with Crippen LogP contribution in [0.2, 0.25) is 5.02 Å². The van der Waals surface area contributed by atoms with E-state index in [0.29, 0.717) is 22.6 Å². The number of hydrogen-bond donors (Lipinski definition) is 1. The smallest absolute Gasteiger partial charge is 0.254 e. The maximum Gasteiger partial charge on any atom is 0.254 e. The maximum atomic E-state index is 14.2. The van der Waals surface area contributed by atoms with Crippen molar-refractivity contribution in [3.63, 3.8) is 0 Å². The van der Waals surface area contributed by atoms with E-state index in [4.69, 9.17) is 11.6 Å². The van der Waals surface area contributed by atoms with Gasteiger partial charge in [-0.15, -0.1) is 0 Å². The topological polar surface area (TPSA) is 75.2 Å². The number of nitrogens with zero attached hydrogens (tertiary/aromatic N) is 3. The van der Waals surface area contributed by atoms with Crippen LogP contribution in [0.1, 0.15) is 22.3 Å². The number of benzene rings is 1. The summed E-state index contributed by atoms with van der Waals surface area (Å²) in [5, 5.41) is 2.86. The molecule has 1 saturated carbocycles. The lowest BCUT2D eigenvalue weighted by molar-refractivity contribution is -0.117. The van der Waals surface area contributed by atoms with Crippen LogP contribution in [-0.2, 0) is 10.2 Å². The van der Waals surface area contributed by atoms with E-state index < -0.39 is 17.5 Å². The monoisotopic (exact) mass is 438 g/mol. The lowest BCUT2D eigenvalue weighted by atomic mass is 9.86. The Morgan fingerprint density at radius 1 is 1.42 bits per heavy atom. The van der Waals surface area contributed by atoms with Gasteiger partial charge in [0.05, 0.1) is 17.4 Å². The second kappa shape index (κ2) is 6.28. The molecule has 26 heavy (non-hydrogen) atoms. The molecule has 1 aliphatic carbocycles. The lowest BCUT2D eigenvalue weighted by Gasteiger charge is -2.34. The summed E-state index contributed by atoms with van der Waals surface area (Å²) in [5.74, 6) is -0.644. The summed E-state index contributed by atoms with van der Waals surface area (Å²) in [5.41, 5.74) is 0.432. The fourth-order valence-corrected chi connectivity index (χ4v) is 3.79. The molecule has 1 aliphatic heterocycles. The van der Waals surface area contributed by atoms with Crippen molar-refractivity contribution >= 4 is 45.3 Å². The van der Waals surface area contributed by atoms with Gasteiger partial charge in [-0.1, -0.05) is 27.5 Å². The maximum absolute atomic E-state index is 14.2. The average Bonchev–Trinajstić information content (AvgIpc) is 3.25. The van der Waals surface area contributed by atoms with Crippen LogP contribution in [0.15, 0.2) is 35.1 Å². The van der Waals surface area contributed by atoms with Crippen LogP contribution in [0.25, 0.3) is 0 Å². The number of fused-ring (bicyclic) bond motifs is 2. The molecule has 2 aliphatic rings. The number of halogens is 3. The van der Waals surface area contributed by atoms with Gasteiger partial charge in [0.1, 0.15) is 12.7 Å². The quantitative estimate of drug-likeness (QED) is 0.798. The van der Waals surface area contributed by atoms with E-state index in [1.54, 1.807) is 18.2 Å². The summed E-state index contributed by atoms with van der Waals surface area (Å²) in [4.78, 5) is 34.2. The second-order valence-corrected chi connectivity index (χ2v) is 7.80. The third-order valence-electron chi connectivity index (χ3n) is 4.70. The number of alkyl halides is 1. The third kappa shape index (κ3) is 2.97. The molecule has 134 valence electrons. The molecule has 2 heterocycles. The van der Waals surface area contributed by atoms with Crippen LogP contribution in [0, 0.1) is 0 Å². The first-order valence-corrected chi connectivity index (χ1v) is 9.07. The fourth-order valence-electron chi connectivity index (χ4n) is 3.33. The molecule has 2 aromatic rings. The van der Waals surface area contributed by atoms with Crippen LogP contribution >= 0.6 is 27.5 Å². The molecule has 1 fully saturated rings. The van der Waals surface area contributed by atoms with Crippen molar-refractivity contribution < 1.29 is 14.0 Å². The van der Waals surface area contributed by atoms with Gasteiger partial charge >= 0.3 is 0 Å². The molecule has 0 radical (unpaired) electrons. The van der Waals surface area contributed by atoms with E-state index in [1.807, 2.05) is 0 Å². The molecule has 0 unspecified atom stereocenters. The second-order valence-electron chi connectivity index (χ2n) is 6.45. The van der Waals surface area contributed by atoms with Crippen LogP contribution in [0.3, 0.4) is 0 Å². The minimum atomic E-state index is -1.02. The number of aromatic nitrogens is 2. The van der Waals surface area contributed by atoms with Crippen molar-refractivity contribution in [3.8, 4) is 0 Å². The van der Waals surface area contributed by atoms with Gasteiger partial charge in [0.15, 0.2) is 0 Å². The van der Waals surface area contributed by atoms with E-state index in [0.717, 1.165) is 4.47 Å². The van der Waals surface area contributed by atoms with Crippen molar-refractivity contribution in [3.05, 3.63) is 51.2 Å². The molecular formula is C17H13BrClFN4O2. The summed E-state index contributed by atoms with van der Waals surface area (Å²) in [6, 6.07) is 5.21. The van der Waals surface area contributed by atoms with Crippen molar-refractivity contribution in [2.24, 2.45) is 0 Å². The zero-order valence-electron chi connectivity index (χ0n) is 13.4. The van der Waals surface area contributed by atoms with Gasteiger partial charge in [0.25, 0.3) is 5.91 Å². The van der Waals surface area contributed by atoms with Crippen molar-refractivity contribution in [1.29, 1.82) is 0 Å². The molecule has 1 aromatic carbocycles. The van der Waals surface area contributed by atoms with Crippen LogP contribution in [0.5, 0.6) is 0 Å². The highest BCUT2D eigenvalue weighted by Crippen LogP contribution is 2.54. The van der Waals surface area contributed by atoms with Gasteiger partial charge < -0.3 is 4.90 Å². The highest BCUT2D eigenvalue weighted by molar-refractivity contribution is 9.10. The zero-order valence-corrected chi connectivity index (χ0v) is 15.7. The Balaban J connectivity index is 1.54. The Kier molecular flexibility index (Phi) is 4.19. The summed E-state index contributed by atoms with van der Waals surface area (Å²) in [7, 11) is 0. The summed E-state index contributed by atoms with van der Waals surface area (Å²) in [6.45, 7) is -0.0276. The summed E-state index contributed by atoms with van der Waals surface area (Å²) >= 11 is 9.08. The lowest BCUT2D eigenvalue weighted by Crippen LogP contribution is -2.47. The Labute approximate surface area is 161 Å². The predicted molar refractivity (Wildman–Crippen MR) is 96.9 cm³/mol. The van der Waals surface area contributed by atoms with Gasteiger partial charge in [-0.3, -0.25) is 14.9 Å². The molecule has 6 nitrogen and oxygen atoms in total. The highest BCUT2D eigenvalue weighted by Gasteiger charge is 2.61. The van der Waals surface area contributed by atoms with Gasteiger partial charge in [-0.25, -0.2) is 14.4 Å². The van der Waals surface area contributed by atoms with E-state index >= 15 is 0 Å². The minimum Gasteiger partial charge on any atom is -0.328 e. The molecule has 0 saturated heterocycles. The van der Waals surface area contributed by atoms with Crippen molar-refractivity contribution in [2.75, 3.05) is 18.4 Å². The van der Waals surface area contributed by atoms with E-state index in [2.05, 4.69) is 31.2 Å². The van der Waals surface area contributed by atoms with Gasteiger partial charge in [0.2, 0.25) is 11.9 Å². The Hall–Kier alpha value is -2.06. The first-order valence-electron chi connectivity index (χ1n) is 7.90. The Morgan fingerprint density at radius 3 is 2.77 bits per heavy atom. The third-order valence-corrected chi connectivity index (χ3v) is 5.39. The summed E-state index contributed by atoms with van der Waals surface area (Å²) in [6.07, 6.45) is 2.05. The van der Waals surface area contributed by atoms with Crippen LogP contribution in [0.4, 0.5) is 10.3 Å². The SMILES string of the molecule is O=C(CN1C[C@@]2(C[C@H]2F)c2cc(Br)ccc2C1=O)Nc1ncc(Cl)cn1. The fraction of sp³-hybridized carbons (Fsp3) is 0.294. The molecular weight excluding hydrogens is 427 g/mol.